The van der Waals surface area contributed by atoms with Crippen LogP contribution in [0.1, 0.15) is 24.1 Å². The number of benzene rings is 2. The van der Waals surface area contributed by atoms with Crippen molar-refractivity contribution in [1.82, 2.24) is 9.80 Å². The molecule has 0 aliphatic carbocycles. The van der Waals surface area contributed by atoms with Gasteiger partial charge in [0.1, 0.15) is 24.0 Å². The van der Waals surface area contributed by atoms with Gasteiger partial charge >= 0.3 is 0 Å². The van der Waals surface area contributed by atoms with Crippen molar-refractivity contribution < 1.29 is 23.0 Å². The van der Waals surface area contributed by atoms with Gasteiger partial charge < -0.3 is 14.2 Å². The zero-order valence-electron chi connectivity index (χ0n) is 18.4. The highest BCUT2D eigenvalue weighted by molar-refractivity contribution is 5.27. The molecule has 1 atom stereocenters. The number of piperazine rings is 1. The Morgan fingerprint density at radius 3 is 2.29 bits per heavy atom. The van der Waals surface area contributed by atoms with Crippen LogP contribution in [-0.4, -0.2) is 69.5 Å². The largest absolute Gasteiger partial charge is 0.491 e. The van der Waals surface area contributed by atoms with Crippen LogP contribution in [0.5, 0.6) is 5.75 Å². The fourth-order valence-corrected chi connectivity index (χ4v) is 3.76. The summed E-state index contributed by atoms with van der Waals surface area (Å²) in [6.07, 6.45) is 0. The number of hydrogen-bond donors (Lipinski definition) is 0. The summed E-state index contributed by atoms with van der Waals surface area (Å²) in [6, 6.07) is 11.9. The molecule has 1 saturated heterocycles. The Morgan fingerprint density at radius 2 is 1.61 bits per heavy atom. The molecule has 1 aliphatic heterocycles. The predicted molar refractivity (Wildman–Crippen MR) is 116 cm³/mol. The van der Waals surface area contributed by atoms with Gasteiger partial charge in [-0.05, 0) is 30.7 Å². The van der Waals surface area contributed by atoms with Crippen molar-refractivity contribution in [3.8, 4) is 5.75 Å². The molecule has 2 aromatic carbocycles. The van der Waals surface area contributed by atoms with Crippen molar-refractivity contribution in [1.29, 1.82) is 0 Å². The normalized spacial score (nSPS) is 16.4. The Morgan fingerprint density at radius 1 is 0.903 bits per heavy atom. The van der Waals surface area contributed by atoms with Crippen LogP contribution >= 0.6 is 0 Å². The summed E-state index contributed by atoms with van der Waals surface area (Å²) >= 11 is 0. The van der Waals surface area contributed by atoms with Crippen LogP contribution in [0.15, 0.2) is 42.5 Å². The lowest BCUT2D eigenvalue weighted by molar-refractivity contribution is 0.0544. The van der Waals surface area contributed by atoms with E-state index in [-0.39, 0.29) is 6.04 Å². The van der Waals surface area contributed by atoms with Crippen molar-refractivity contribution in [2.75, 3.05) is 59.7 Å². The zero-order chi connectivity index (χ0) is 22.1. The highest BCUT2D eigenvalue weighted by atomic mass is 19.1. The summed E-state index contributed by atoms with van der Waals surface area (Å²) in [5, 5.41) is 0. The summed E-state index contributed by atoms with van der Waals surface area (Å²) in [6.45, 7) is 8.57. The minimum atomic E-state index is -0.537. The van der Waals surface area contributed by atoms with Gasteiger partial charge in [-0.2, -0.15) is 0 Å². The molecule has 3 rings (SSSR count). The summed E-state index contributed by atoms with van der Waals surface area (Å²) in [5.74, 6) is -0.178. The first kappa shape index (κ1) is 23.6. The SMILES string of the molecule is COCCOCCOc1ccc(CN2CCN([C@@H](C)c3ccc(F)cc3F)CC2)cc1. The molecule has 1 fully saturated rings. The molecule has 7 heteroatoms. The number of ether oxygens (including phenoxy) is 3. The van der Waals surface area contributed by atoms with Gasteiger partial charge in [-0.25, -0.2) is 8.78 Å². The lowest BCUT2D eigenvalue weighted by atomic mass is 10.0. The predicted octanol–water partition coefficient (Wildman–Crippen LogP) is 3.89. The molecule has 5 nitrogen and oxygen atoms in total. The third-order valence-electron chi connectivity index (χ3n) is 5.62. The first-order valence-corrected chi connectivity index (χ1v) is 10.8. The lowest BCUT2D eigenvalue weighted by Crippen LogP contribution is -2.46. The van der Waals surface area contributed by atoms with Crippen LogP contribution in [0, 0.1) is 11.6 Å². The van der Waals surface area contributed by atoms with E-state index in [0.717, 1.165) is 44.5 Å². The topological polar surface area (TPSA) is 34.2 Å². The zero-order valence-corrected chi connectivity index (χ0v) is 18.4. The van der Waals surface area contributed by atoms with E-state index in [2.05, 4.69) is 21.9 Å². The van der Waals surface area contributed by atoms with Gasteiger partial charge in [0.25, 0.3) is 0 Å². The Kier molecular flexibility index (Phi) is 9.21. The van der Waals surface area contributed by atoms with Crippen LogP contribution in [0.25, 0.3) is 0 Å². The van der Waals surface area contributed by atoms with Gasteiger partial charge in [-0.15, -0.1) is 0 Å². The second kappa shape index (κ2) is 12.1. The first-order chi connectivity index (χ1) is 15.1. The van der Waals surface area contributed by atoms with E-state index in [0.29, 0.717) is 32.0 Å². The molecule has 31 heavy (non-hydrogen) atoms. The first-order valence-electron chi connectivity index (χ1n) is 10.8. The molecule has 0 spiro atoms. The standard InChI is InChI=1S/C24H32F2N2O3/c1-19(23-8-5-21(25)17-24(23)26)28-11-9-27(10-12-28)18-20-3-6-22(7-4-20)31-16-15-30-14-13-29-2/h3-8,17,19H,9-16,18H2,1-2H3/t19-/m0/s1. The van der Waals surface area contributed by atoms with E-state index < -0.39 is 11.6 Å². The average Bonchev–Trinajstić information content (AvgIpc) is 2.77. The summed E-state index contributed by atoms with van der Waals surface area (Å²) < 4.78 is 43.3. The van der Waals surface area contributed by atoms with Gasteiger partial charge in [-0.1, -0.05) is 18.2 Å². The Bertz CT molecular complexity index is 796. The maximum absolute atomic E-state index is 14.1. The minimum Gasteiger partial charge on any atom is -0.491 e. The summed E-state index contributed by atoms with van der Waals surface area (Å²) in [5.41, 5.74) is 1.78. The van der Waals surface area contributed by atoms with Crippen molar-refractivity contribution >= 4 is 0 Å². The fraction of sp³-hybridized carbons (Fsp3) is 0.500. The second-order valence-electron chi connectivity index (χ2n) is 7.75. The van der Waals surface area contributed by atoms with Gasteiger partial charge in [-0.3, -0.25) is 9.80 Å². The Balaban J connectivity index is 1.40. The molecular weight excluding hydrogens is 402 g/mol. The van der Waals surface area contributed by atoms with E-state index in [9.17, 15) is 8.78 Å². The highest BCUT2D eigenvalue weighted by Gasteiger charge is 2.24. The van der Waals surface area contributed by atoms with Crippen LogP contribution in [0.3, 0.4) is 0 Å². The molecule has 2 aromatic rings. The van der Waals surface area contributed by atoms with Crippen LogP contribution in [-0.2, 0) is 16.0 Å². The Labute approximate surface area is 183 Å². The van der Waals surface area contributed by atoms with Gasteiger partial charge in [0.2, 0.25) is 0 Å². The van der Waals surface area contributed by atoms with Crippen molar-refractivity contribution in [2.45, 2.75) is 19.5 Å². The maximum Gasteiger partial charge on any atom is 0.130 e. The molecule has 0 unspecified atom stereocenters. The lowest BCUT2D eigenvalue weighted by Gasteiger charge is -2.38. The van der Waals surface area contributed by atoms with Gasteiger partial charge in [0, 0.05) is 57.5 Å². The van der Waals surface area contributed by atoms with Crippen molar-refractivity contribution in [3.05, 3.63) is 65.2 Å². The molecule has 170 valence electrons. The minimum absolute atomic E-state index is 0.0716. The third-order valence-corrected chi connectivity index (χ3v) is 5.62. The fourth-order valence-electron chi connectivity index (χ4n) is 3.76. The summed E-state index contributed by atoms with van der Waals surface area (Å²) in [7, 11) is 1.65. The maximum atomic E-state index is 14.1. The molecule has 0 saturated carbocycles. The average molecular weight is 435 g/mol. The number of hydrogen-bond acceptors (Lipinski definition) is 5. The van der Waals surface area contributed by atoms with Crippen molar-refractivity contribution in [3.63, 3.8) is 0 Å². The van der Waals surface area contributed by atoms with Crippen LogP contribution < -0.4 is 4.74 Å². The van der Waals surface area contributed by atoms with E-state index in [1.54, 1.807) is 13.2 Å². The highest BCUT2D eigenvalue weighted by Crippen LogP contribution is 2.25. The molecule has 1 heterocycles. The molecule has 0 aromatic heterocycles. The van der Waals surface area contributed by atoms with Gasteiger partial charge in [0.15, 0.2) is 0 Å². The molecule has 0 amide bonds. The van der Waals surface area contributed by atoms with Crippen LogP contribution in [0.2, 0.25) is 0 Å². The summed E-state index contributed by atoms with van der Waals surface area (Å²) in [4.78, 5) is 4.64. The van der Waals surface area contributed by atoms with Crippen LogP contribution in [0.4, 0.5) is 8.78 Å². The number of rotatable bonds is 11. The number of methoxy groups -OCH3 is 1. The van der Waals surface area contributed by atoms with E-state index >= 15 is 0 Å². The molecule has 0 radical (unpaired) electrons. The van der Waals surface area contributed by atoms with E-state index in [4.69, 9.17) is 14.2 Å². The van der Waals surface area contributed by atoms with E-state index in [1.807, 2.05) is 19.1 Å². The molecule has 1 aliphatic rings. The Hall–Kier alpha value is -2.06. The smallest absolute Gasteiger partial charge is 0.130 e. The second-order valence-corrected chi connectivity index (χ2v) is 7.75. The third kappa shape index (κ3) is 7.25. The van der Waals surface area contributed by atoms with Gasteiger partial charge in [0.05, 0.1) is 19.8 Å². The van der Waals surface area contributed by atoms with E-state index in [1.165, 1.54) is 11.6 Å². The number of halogens is 2. The quantitative estimate of drug-likeness (QED) is 0.502. The number of nitrogens with zero attached hydrogens (tertiary/aromatic N) is 2. The molecular formula is C24H32F2N2O3. The molecule has 0 bridgehead atoms. The van der Waals surface area contributed by atoms with Crippen molar-refractivity contribution in [2.24, 2.45) is 0 Å². The monoisotopic (exact) mass is 434 g/mol. The molecule has 0 N–H and O–H groups in total.